The standard InChI is InChI=1S/C18H21N3S/c1-5-13-7-9-14(10-8-13)19-17-16-11(3)12(4)22-18(16)21-15(6-2)20-17/h7-10H,5-6H2,1-4H3,(H,19,20,21). The second-order valence-electron chi connectivity index (χ2n) is 5.48. The summed E-state index contributed by atoms with van der Waals surface area (Å²) >= 11 is 1.75. The zero-order valence-electron chi connectivity index (χ0n) is 13.5. The van der Waals surface area contributed by atoms with E-state index in [9.17, 15) is 0 Å². The van der Waals surface area contributed by atoms with Gasteiger partial charge in [0.15, 0.2) is 0 Å². The smallest absolute Gasteiger partial charge is 0.143 e. The normalized spacial score (nSPS) is 11.1. The predicted molar refractivity (Wildman–Crippen MR) is 95.4 cm³/mol. The third kappa shape index (κ3) is 2.71. The fourth-order valence-corrected chi connectivity index (χ4v) is 3.55. The fraction of sp³-hybridized carbons (Fsp3) is 0.333. The van der Waals surface area contributed by atoms with Crippen LogP contribution in [0.1, 0.15) is 35.7 Å². The largest absolute Gasteiger partial charge is 0.340 e. The van der Waals surface area contributed by atoms with Crippen LogP contribution < -0.4 is 5.32 Å². The van der Waals surface area contributed by atoms with E-state index in [1.54, 1.807) is 11.3 Å². The van der Waals surface area contributed by atoms with E-state index in [1.807, 2.05) is 0 Å². The molecule has 0 bridgehead atoms. The molecule has 3 nitrogen and oxygen atoms in total. The number of hydrogen-bond acceptors (Lipinski definition) is 4. The van der Waals surface area contributed by atoms with E-state index in [2.05, 4.69) is 62.3 Å². The van der Waals surface area contributed by atoms with Gasteiger partial charge in [0, 0.05) is 17.0 Å². The maximum Gasteiger partial charge on any atom is 0.143 e. The summed E-state index contributed by atoms with van der Waals surface area (Å²) in [6.07, 6.45) is 1.90. The summed E-state index contributed by atoms with van der Waals surface area (Å²) in [4.78, 5) is 11.8. The highest BCUT2D eigenvalue weighted by atomic mass is 32.1. The van der Waals surface area contributed by atoms with Crippen molar-refractivity contribution in [2.75, 3.05) is 5.32 Å². The van der Waals surface area contributed by atoms with Gasteiger partial charge < -0.3 is 5.32 Å². The number of aromatic nitrogens is 2. The van der Waals surface area contributed by atoms with E-state index in [0.717, 1.165) is 40.4 Å². The van der Waals surface area contributed by atoms with Crippen molar-refractivity contribution in [3.05, 3.63) is 46.1 Å². The first-order valence-electron chi connectivity index (χ1n) is 7.75. The highest BCUT2D eigenvalue weighted by Crippen LogP contribution is 2.34. The van der Waals surface area contributed by atoms with Crippen LogP contribution in [-0.2, 0) is 12.8 Å². The third-order valence-electron chi connectivity index (χ3n) is 4.02. The van der Waals surface area contributed by atoms with Gasteiger partial charge in [-0.05, 0) is 43.5 Å². The van der Waals surface area contributed by atoms with Crippen LogP contribution in [0.15, 0.2) is 24.3 Å². The summed E-state index contributed by atoms with van der Waals surface area (Å²) in [6, 6.07) is 8.56. The molecule has 0 aliphatic heterocycles. The second-order valence-corrected chi connectivity index (χ2v) is 6.68. The van der Waals surface area contributed by atoms with E-state index >= 15 is 0 Å². The molecule has 0 aliphatic rings. The predicted octanol–water partition coefficient (Wildman–Crippen LogP) is 5.18. The average Bonchev–Trinajstić information content (AvgIpc) is 2.82. The van der Waals surface area contributed by atoms with Gasteiger partial charge in [-0.25, -0.2) is 9.97 Å². The second kappa shape index (κ2) is 6.05. The Hall–Kier alpha value is -1.94. The van der Waals surface area contributed by atoms with Crippen LogP contribution in [0, 0.1) is 13.8 Å². The van der Waals surface area contributed by atoms with Crippen molar-refractivity contribution in [2.45, 2.75) is 40.5 Å². The molecule has 2 heterocycles. The number of fused-ring (bicyclic) bond motifs is 1. The minimum Gasteiger partial charge on any atom is -0.340 e. The monoisotopic (exact) mass is 311 g/mol. The zero-order chi connectivity index (χ0) is 15.7. The van der Waals surface area contributed by atoms with Gasteiger partial charge in [-0.1, -0.05) is 26.0 Å². The number of benzene rings is 1. The van der Waals surface area contributed by atoms with Gasteiger partial charge >= 0.3 is 0 Å². The lowest BCUT2D eigenvalue weighted by Crippen LogP contribution is -2.00. The highest BCUT2D eigenvalue weighted by Gasteiger charge is 2.14. The molecular weight excluding hydrogens is 290 g/mol. The molecule has 3 rings (SSSR count). The Morgan fingerprint density at radius 3 is 2.36 bits per heavy atom. The number of nitrogens with one attached hydrogen (secondary N) is 1. The van der Waals surface area contributed by atoms with E-state index < -0.39 is 0 Å². The summed E-state index contributed by atoms with van der Waals surface area (Å²) in [6.45, 7) is 8.55. The van der Waals surface area contributed by atoms with Crippen molar-refractivity contribution >= 4 is 33.1 Å². The molecule has 1 N–H and O–H groups in total. The van der Waals surface area contributed by atoms with E-state index in [0.29, 0.717) is 0 Å². The lowest BCUT2D eigenvalue weighted by atomic mass is 10.1. The molecule has 0 radical (unpaired) electrons. The Morgan fingerprint density at radius 1 is 1.00 bits per heavy atom. The van der Waals surface area contributed by atoms with Crippen molar-refractivity contribution in [1.29, 1.82) is 0 Å². The van der Waals surface area contributed by atoms with E-state index in [1.165, 1.54) is 16.0 Å². The molecular formula is C18H21N3S. The van der Waals surface area contributed by atoms with Crippen molar-refractivity contribution in [2.24, 2.45) is 0 Å². The van der Waals surface area contributed by atoms with Crippen LogP contribution in [-0.4, -0.2) is 9.97 Å². The van der Waals surface area contributed by atoms with E-state index in [4.69, 9.17) is 4.98 Å². The maximum absolute atomic E-state index is 4.72. The lowest BCUT2D eigenvalue weighted by Gasteiger charge is -2.10. The highest BCUT2D eigenvalue weighted by molar-refractivity contribution is 7.18. The van der Waals surface area contributed by atoms with Crippen LogP contribution in [0.2, 0.25) is 0 Å². The molecule has 0 saturated heterocycles. The van der Waals surface area contributed by atoms with Gasteiger partial charge in [0.1, 0.15) is 16.5 Å². The quantitative estimate of drug-likeness (QED) is 0.721. The summed E-state index contributed by atoms with van der Waals surface area (Å²) in [5, 5.41) is 4.63. The molecule has 0 fully saturated rings. The lowest BCUT2D eigenvalue weighted by molar-refractivity contribution is 0.967. The number of aryl methyl sites for hydroxylation is 4. The number of hydrogen-bond donors (Lipinski definition) is 1. The minimum absolute atomic E-state index is 0.843. The summed E-state index contributed by atoms with van der Waals surface area (Å²) < 4.78 is 0. The van der Waals surface area contributed by atoms with Gasteiger partial charge in [-0.2, -0.15) is 0 Å². The first kappa shape index (κ1) is 15.0. The van der Waals surface area contributed by atoms with Crippen LogP contribution in [0.4, 0.5) is 11.5 Å². The Kier molecular flexibility index (Phi) is 4.12. The molecule has 4 heteroatoms. The molecule has 0 saturated carbocycles. The molecule has 0 amide bonds. The van der Waals surface area contributed by atoms with Gasteiger partial charge in [0.2, 0.25) is 0 Å². The fourth-order valence-electron chi connectivity index (χ4n) is 2.50. The Morgan fingerprint density at radius 2 is 1.73 bits per heavy atom. The molecule has 0 unspecified atom stereocenters. The van der Waals surface area contributed by atoms with Crippen LogP contribution in [0.5, 0.6) is 0 Å². The van der Waals surface area contributed by atoms with Crippen LogP contribution in [0.3, 0.4) is 0 Å². The van der Waals surface area contributed by atoms with Crippen LogP contribution >= 0.6 is 11.3 Å². The van der Waals surface area contributed by atoms with Gasteiger partial charge in [-0.3, -0.25) is 0 Å². The Labute approximate surface area is 135 Å². The maximum atomic E-state index is 4.72. The molecule has 2 aromatic heterocycles. The molecule has 0 atom stereocenters. The minimum atomic E-state index is 0.843. The SMILES string of the molecule is CCc1ccc(Nc2nc(CC)nc3sc(C)c(C)c23)cc1. The number of rotatable bonds is 4. The number of thiophene rings is 1. The summed E-state index contributed by atoms with van der Waals surface area (Å²) in [5.41, 5.74) is 3.69. The summed E-state index contributed by atoms with van der Waals surface area (Å²) in [5.74, 6) is 1.81. The topological polar surface area (TPSA) is 37.8 Å². The van der Waals surface area contributed by atoms with Gasteiger partial charge in [-0.15, -0.1) is 11.3 Å². The number of nitrogens with zero attached hydrogens (tertiary/aromatic N) is 2. The van der Waals surface area contributed by atoms with Gasteiger partial charge in [0.05, 0.1) is 5.39 Å². The van der Waals surface area contributed by atoms with Crippen LogP contribution in [0.25, 0.3) is 10.2 Å². The molecule has 0 aliphatic carbocycles. The molecule has 22 heavy (non-hydrogen) atoms. The molecule has 1 aromatic carbocycles. The molecule has 0 spiro atoms. The number of anilines is 2. The van der Waals surface area contributed by atoms with Crippen molar-refractivity contribution in [1.82, 2.24) is 9.97 Å². The average molecular weight is 311 g/mol. The third-order valence-corrected chi connectivity index (χ3v) is 5.12. The Bertz CT molecular complexity index is 803. The Balaban J connectivity index is 2.07. The molecule has 114 valence electrons. The first-order chi connectivity index (χ1) is 10.6. The van der Waals surface area contributed by atoms with Gasteiger partial charge in [0.25, 0.3) is 0 Å². The first-order valence-corrected chi connectivity index (χ1v) is 8.56. The van der Waals surface area contributed by atoms with E-state index in [-0.39, 0.29) is 0 Å². The van der Waals surface area contributed by atoms with Crippen molar-refractivity contribution < 1.29 is 0 Å². The van der Waals surface area contributed by atoms with Crippen molar-refractivity contribution in [3.8, 4) is 0 Å². The van der Waals surface area contributed by atoms with Crippen molar-refractivity contribution in [3.63, 3.8) is 0 Å². The molecule has 3 aromatic rings. The zero-order valence-corrected chi connectivity index (χ0v) is 14.3. The summed E-state index contributed by atoms with van der Waals surface area (Å²) in [7, 11) is 0.